The molecule has 0 saturated heterocycles. The number of carbonyl (C=O) groups is 1. The number of hydrogen-bond acceptors (Lipinski definition) is 7. The van der Waals surface area contributed by atoms with Crippen LogP contribution < -0.4 is 11.2 Å². The molecule has 1 unspecified atom stereocenters. The molecule has 124 valence electrons. The molecule has 1 aliphatic heterocycles. The second-order valence-corrected chi connectivity index (χ2v) is 5.73. The Morgan fingerprint density at radius 2 is 1.96 bits per heavy atom. The number of aryl methyl sites for hydroxylation is 1. The predicted octanol–water partition coefficient (Wildman–Crippen LogP) is -0.436. The van der Waals surface area contributed by atoms with Crippen molar-refractivity contribution in [3.63, 3.8) is 0 Å². The summed E-state index contributed by atoms with van der Waals surface area (Å²) in [6, 6.07) is 2.96. The molecule has 0 bridgehead atoms. The molecule has 1 atom stereocenters. The first kappa shape index (κ1) is 16.1. The Morgan fingerprint density at radius 1 is 1.21 bits per heavy atom. The lowest BCUT2D eigenvalue weighted by atomic mass is 10.0. The summed E-state index contributed by atoms with van der Waals surface area (Å²) >= 11 is 5.78. The number of hydrazone groups is 1. The van der Waals surface area contributed by atoms with Crippen LogP contribution in [0.1, 0.15) is 11.6 Å². The minimum Gasteiger partial charge on any atom is -0.296 e. The quantitative estimate of drug-likeness (QED) is 0.729. The third kappa shape index (κ3) is 2.73. The fraction of sp³-hybridized carbons (Fsp3) is 0.286. The van der Waals surface area contributed by atoms with Crippen LogP contribution in [0.2, 0.25) is 5.02 Å². The Morgan fingerprint density at radius 3 is 2.58 bits per heavy atom. The summed E-state index contributed by atoms with van der Waals surface area (Å²) in [6.07, 6.45) is 2.67. The summed E-state index contributed by atoms with van der Waals surface area (Å²) in [4.78, 5) is 41.2. The van der Waals surface area contributed by atoms with Crippen molar-refractivity contribution in [2.75, 3.05) is 13.6 Å². The van der Waals surface area contributed by atoms with E-state index in [4.69, 9.17) is 11.6 Å². The third-order valence-corrected chi connectivity index (χ3v) is 3.75. The van der Waals surface area contributed by atoms with Crippen LogP contribution in [0.25, 0.3) is 5.82 Å². The van der Waals surface area contributed by atoms with Gasteiger partial charge in [0.1, 0.15) is 17.4 Å². The highest BCUT2D eigenvalue weighted by atomic mass is 35.5. The van der Waals surface area contributed by atoms with Crippen molar-refractivity contribution in [3.05, 3.63) is 49.9 Å². The van der Waals surface area contributed by atoms with Crippen LogP contribution in [-0.4, -0.2) is 49.9 Å². The van der Waals surface area contributed by atoms with Crippen LogP contribution >= 0.6 is 11.6 Å². The van der Waals surface area contributed by atoms with E-state index in [1.807, 2.05) is 0 Å². The number of ketones is 1. The molecule has 2 aromatic heterocycles. The third-order valence-electron chi connectivity index (χ3n) is 3.53. The van der Waals surface area contributed by atoms with Gasteiger partial charge in [0.2, 0.25) is 0 Å². The Hall–Kier alpha value is -2.81. The lowest BCUT2D eigenvalue weighted by molar-refractivity contribution is -0.120. The normalized spacial score (nSPS) is 17.4. The van der Waals surface area contributed by atoms with E-state index in [1.54, 1.807) is 7.05 Å². The minimum absolute atomic E-state index is 0.0598. The van der Waals surface area contributed by atoms with Gasteiger partial charge in [0.25, 0.3) is 5.56 Å². The number of hydrogen-bond donors (Lipinski definition) is 0. The van der Waals surface area contributed by atoms with Crippen LogP contribution in [0.15, 0.2) is 33.0 Å². The molecule has 9 nitrogen and oxygen atoms in total. The summed E-state index contributed by atoms with van der Waals surface area (Å²) in [6.45, 7) is 0.0598. The van der Waals surface area contributed by atoms with Crippen LogP contribution in [0.3, 0.4) is 0 Å². The Balaban J connectivity index is 2.22. The lowest BCUT2D eigenvalue weighted by Crippen LogP contribution is -2.45. The van der Waals surface area contributed by atoms with E-state index in [1.165, 1.54) is 36.6 Å². The number of aromatic nitrogens is 4. The van der Waals surface area contributed by atoms with Crippen LogP contribution in [0, 0.1) is 0 Å². The van der Waals surface area contributed by atoms with Crippen molar-refractivity contribution in [3.8, 4) is 5.82 Å². The average molecular weight is 349 g/mol. The zero-order chi connectivity index (χ0) is 17.4. The fourth-order valence-electron chi connectivity index (χ4n) is 2.34. The molecule has 0 radical (unpaired) electrons. The van der Waals surface area contributed by atoms with Crippen LogP contribution in [0.5, 0.6) is 0 Å². The highest BCUT2D eigenvalue weighted by molar-refractivity contribution is 6.30. The zero-order valence-corrected chi connectivity index (χ0v) is 13.6. The number of carbonyl (C=O) groups excluding carboxylic acids is 1. The Bertz CT molecular complexity index is 946. The first-order valence-electron chi connectivity index (χ1n) is 6.98. The van der Waals surface area contributed by atoms with Gasteiger partial charge in [-0.3, -0.25) is 14.6 Å². The molecule has 24 heavy (non-hydrogen) atoms. The summed E-state index contributed by atoms with van der Waals surface area (Å²) in [5.41, 5.74) is -1.45. The Labute approximate surface area is 140 Å². The van der Waals surface area contributed by atoms with Gasteiger partial charge in [0, 0.05) is 26.5 Å². The topological polar surface area (TPSA) is 102 Å². The van der Waals surface area contributed by atoms with E-state index in [9.17, 15) is 14.4 Å². The molecule has 1 aliphatic rings. The van der Waals surface area contributed by atoms with Crippen molar-refractivity contribution in [2.45, 2.75) is 5.92 Å². The highest BCUT2D eigenvalue weighted by Gasteiger charge is 2.29. The summed E-state index contributed by atoms with van der Waals surface area (Å²) in [7, 11) is 3.04. The predicted molar refractivity (Wildman–Crippen MR) is 86.8 cm³/mol. The minimum atomic E-state index is -0.904. The SMILES string of the molecule is CN1CC(=O)C(c2nn(C)c(=O)n(-c3ccc(Cl)cn3)c2=O)C=N1. The average Bonchev–Trinajstić information content (AvgIpc) is 2.53. The second kappa shape index (κ2) is 6.00. The van der Waals surface area contributed by atoms with Crippen molar-refractivity contribution >= 4 is 23.6 Å². The molecule has 0 aliphatic carbocycles. The molecule has 10 heteroatoms. The molecule has 0 fully saturated rings. The number of nitrogens with zero attached hydrogens (tertiary/aromatic N) is 6. The second-order valence-electron chi connectivity index (χ2n) is 5.29. The van der Waals surface area contributed by atoms with E-state index in [-0.39, 0.29) is 23.8 Å². The summed E-state index contributed by atoms with van der Waals surface area (Å²) in [5, 5.41) is 9.81. The molecule has 0 N–H and O–H groups in total. The van der Waals surface area contributed by atoms with Crippen molar-refractivity contribution in [1.82, 2.24) is 24.3 Å². The number of rotatable bonds is 2. The van der Waals surface area contributed by atoms with E-state index < -0.39 is 17.2 Å². The molecule has 0 spiro atoms. The number of pyridine rings is 1. The largest absolute Gasteiger partial charge is 0.353 e. The van der Waals surface area contributed by atoms with Crippen LogP contribution in [-0.2, 0) is 11.8 Å². The van der Waals surface area contributed by atoms with E-state index in [0.29, 0.717) is 5.02 Å². The molecule has 0 amide bonds. The van der Waals surface area contributed by atoms with Gasteiger partial charge in [-0.2, -0.15) is 10.2 Å². The number of likely N-dealkylation sites (N-methyl/N-ethyl adjacent to an activating group) is 1. The fourth-order valence-corrected chi connectivity index (χ4v) is 2.45. The van der Waals surface area contributed by atoms with E-state index >= 15 is 0 Å². The first-order chi connectivity index (χ1) is 11.4. The van der Waals surface area contributed by atoms with E-state index in [0.717, 1.165) is 9.25 Å². The van der Waals surface area contributed by atoms with Gasteiger partial charge >= 0.3 is 5.69 Å². The maximum atomic E-state index is 12.7. The van der Waals surface area contributed by atoms with Gasteiger partial charge in [-0.15, -0.1) is 0 Å². The molecule has 2 aromatic rings. The smallest absolute Gasteiger partial charge is 0.296 e. The molecule has 3 rings (SSSR count). The monoisotopic (exact) mass is 348 g/mol. The zero-order valence-electron chi connectivity index (χ0n) is 12.9. The van der Waals surface area contributed by atoms with Gasteiger partial charge in [-0.05, 0) is 12.1 Å². The van der Waals surface area contributed by atoms with Gasteiger partial charge in [-0.1, -0.05) is 11.6 Å². The number of halogens is 1. The maximum Gasteiger partial charge on any atom is 0.353 e. The van der Waals surface area contributed by atoms with Gasteiger partial charge in [-0.25, -0.2) is 19.0 Å². The van der Waals surface area contributed by atoms with Gasteiger partial charge in [0.05, 0.1) is 11.6 Å². The van der Waals surface area contributed by atoms with Crippen molar-refractivity contribution < 1.29 is 4.79 Å². The summed E-state index contributed by atoms with van der Waals surface area (Å²) < 4.78 is 1.85. The first-order valence-corrected chi connectivity index (χ1v) is 7.36. The Kier molecular flexibility index (Phi) is 4.02. The molecule has 0 saturated carbocycles. The number of Topliss-reactive ketones (excluding diaryl/α,β-unsaturated/α-hetero) is 1. The summed E-state index contributed by atoms with van der Waals surface area (Å²) in [5.74, 6) is -1.03. The van der Waals surface area contributed by atoms with Gasteiger partial charge in [0.15, 0.2) is 5.78 Å². The molecular weight excluding hydrogens is 336 g/mol. The molecule has 0 aromatic carbocycles. The highest BCUT2D eigenvalue weighted by Crippen LogP contribution is 2.13. The van der Waals surface area contributed by atoms with Crippen LogP contribution in [0.4, 0.5) is 0 Å². The maximum absolute atomic E-state index is 12.7. The van der Waals surface area contributed by atoms with Crippen molar-refractivity contribution in [1.29, 1.82) is 0 Å². The van der Waals surface area contributed by atoms with Crippen molar-refractivity contribution in [2.24, 2.45) is 12.1 Å². The lowest BCUT2D eigenvalue weighted by Gasteiger charge is -2.21. The molecular formula is C14H13ClN6O3. The van der Waals surface area contributed by atoms with E-state index in [2.05, 4.69) is 15.2 Å². The van der Waals surface area contributed by atoms with Gasteiger partial charge < -0.3 is 0 Å². The standard InChI is InChI=1S/C14H13ClN6O3/c1-19-7-10(22)9(6-17-19)12-13(23)21(14(24)20(2)18-12)11-4-3-8(15)5-16-11/h3-6,9H,7H2,1-2H3. The molecule has 3 heterocycles.